The minimum Gasteiger partial charge on any atom is -0.469 e. The van der Waals surface area contributed by atoms with Gasteiger partial charge in [-0.25, -0.2) is 0 Å². The molecule has 1 aromatic heterocycles. The van der Waals surface area contributed by atoms with Gasteiger partial charge in [0.2, 0.25) is 0 Å². The van der Waals surface area contributed by atoms with Crippen LogP contribution in [0.4, 0.5) is 0 Å². The maximum Gasteiger partial charge on any atom is 0.108 e. The minimum atomic E-state index is 0. The first-order valence-electron chi connectivity index (χ1n) is 3.73. The van der Waals surface area contributed by atoms with E-state index in [0.29, 0.717) is 0 Å². The SMILES string of the molecule is Cl.c1cc2c(o1)CCNCC2. The van der Waals surface area contributed by atoms with Gasteiger partial charge in [-0.2, -0.15) is 0 Å². The molecule has 11 heavy (non-hydrogen) atoms. The normalized spacial score (nSPS) is 16.4. The largest absolute Gasteiger partial charge is 0.469 e. The van der Waals surface area contributed by atoms with Crippen LogP contribution in [0.5, 0.6) is 0 Å². The van der Waals surface area contributed by atoms with Crippen LogP contribution >= 0.6 is 12.4 Å². The molecule has 2 nitrogen and oxygen atoms in total. The molecule has 0 spiro atoms. The molecular weight excluding hydrogens is 162 g/mol. The molecule has 1 N–H and O–H groups in total. The Kier molecular flexibility index (Phi) is 2.97. The van der Waals surface area contributed by atoms with E-state index < -0.39 is 0 Å². The second-order valence-electron chi connectivity index (χ2n) is 2.62. The topological polar surface area (TPSA) is 25.2 Å². The van der Waals surface area contributed by atoms with Crippen molar-refractivity contribution in [3.05, 3.63) is 23.7 Å². The van der Waals surface area contributed by atoms with Crippen LogP contribution in [0.3, 0.4) is 0 Å². The van der Waals surface area contributed by atoms with E-state index in [2.05, 4.69) is 11.4 Å². The lowest BCUT2D eigenvalue weighted by molar-refractivity contribution is 0.505. The summed E-state index contributed by atoms with van der Waals surface area (Å²) in [7, 11) is 0. The van der Waals surface area contributed by atoms with E-state index in [0.717, 1.165) is 25.9 Å². The molecule has 2 rings (SSSR count). The summed E-state index contributed by atoms with van der Waals surface area (Å²) in [5.74, 6) is 1.17. The van der Waals surface area contributed by atoms with Crippen molar-refractivity contribution in [1.82, 2.24) is 5.32 Å². The molecule has 0 unspecified atom stereocenters. The average molecular weight is 174 g/mol. The van der Waals surface area contributed by atoms with Gasteiger partial charge in [-0.15, -0.1) is 12.4 Å². The smallest absolute Gasteiger partial charge is 0.108 e. The molecule has 0 fully saturated rings. The summed E-state index contributed by atoms with van der Waals surface area (Å²) in [5, 5.41) is 3.32. The van der Waals surface area contributed by atoms with Gasteiger partial charge >= 0.3 is 0 Å². The number of furan rings is 1. The maximum atomic E-state index is 5.30. The zero-order valence-electron chi connectivity index (χ0n) is 6.30. The van der Waals surface area contributed by atoms with Crippen molar-refractivity contribution in [3.8, 4) is 0 Å². The first-order chi connectivity index (χ1) is 4.97. The molecule has 0 radical (unpaired) electrons. The number of rotatable bonds is 0. The third-order valence-corrected chi connectivity index (χ3v) is 1.94. The molecule has 1 aromatic rings. The number of fused-ring (bicyclic) bond motifs is 1. The highest BCUT2D eigenvalue weighted by Gasteiger charge is 2.08. The molecule has 0 atom stereocenters. The molecule has 0 aromatic carbocycles. The van der Waals surface area contributed by atoms with Crippen LogP contribution in [0.15, 0.2) is 16.7 Å². The van der Waals surface area contributed by atoms with E-state index in [1.54, 1.807) is 6.26 Å². The number of nitrogens with one attached hydrogen (secondary N) is 1. The summed E-state index contributed by atoms with van der Waals surface area (Å²) in [6.07, 6.45) is 3.95. The second kappa shape index (κ2) is 3.79. The lowest BCUT2D eigenvalue weighted by Crippen LogP contribution is -2.16. The second-order valence-corrected chi connectivity index (χ2v) is 2.62. The number of hydrogen-bond acceptors (Lipinski definition) is 2. The first kappa shape index (κ1) is 8.62. The molecule has 3 heteroatoms. The maximum absolute atomic E-state index is 5.30. The number of hydrogen-bond donors (Lipinski definition) is 1. The summed E-state index contributed by atoms with van der Waals surface area (Å²) in [6.45, 7) is 2.15. The zero-order valence-corrected chi connectivity index (χ0v) is 7.12. The van der Waals surface area contributed by atoms with E-state index in [1.807, 2.05) is 0 Å². The van der Waals surface area contributed by atoms with Crippen molar-refractivity contribution < 1.29 is 4.42 Å². The predicted molar refractivity (Wildman–Crippen MR) is 46.2 cm³/mol. The highest BCUT2D eigenvalue weighted by atomic mass is 35.5. The van der Waals surface area contributed by atoms with Gasteiger partial charge in [0, 0.05) is 13.0 Å². The molecule has 0 saturated heterocycles. The molecule has 0 bridgehead atoms. The Balaban J connectivity index is 0.000000605. The molecule has 0 amide bonds. The van der Waals surface area contributed by atoms with Gasteiger partial charge in [0.05, 0.1) is 6.26 Å². The summed E-state index contributed by atoms with van der Waals surface area (Å²) in [6, 6.07) is 2.07. The van der Waals surface area contributed by atoms with Gasteiger partial charge in [-0.1, -0.05) is 0 Å². The van der Waals surface area contributed by atoms with Crippen molar-refractivity contribution in [2.75, 3.05) is 13.1 Å². The van der Waals surface area contributed by atoms with Crippen molar-refractivity contribution in [2.24, 2.45) is 0 Å². The highest BCUT2D eigenvalue weighted by Crippen LogP contribution is 2.12. The molecule has 2 heterocycles. The molecule has 62 valence electrons. The lowest BCUT2D eigenvalue weighted by atomic mass is 10.2. The molecule has 0 aliphatic carbocycles. The Bertz CT molecular complexity index is 201. The van der Waals surface area contributed by atoms with E-state index in [9.17, 15) is 0 Å². The van der Waals surface area contributed by atoms with Gasteiger partial charge in [0.25, 0.3) is 0 Å². The third kappa shape index (κ3) is 1.76. The molecule has 1 aliphatic rings. The van der Waals surface area contributed by atoms with Crippen molar-refractivity contribution in [3.63, 3.8) is 0 Å². The summed E-state index contributed by atoms with van der Waals surface area (Å²) in [5.41, 5.74) is 1.38. The Labute approximate surface area is 72.4 Å². The van der Waals surface area contributed by atoms with Crippen LogP contribution in [0, 0.1) is 0 Å². The Morgan fingerprint density at radius 1 is 1.27 bits per heavy atom. The van der Waals surface area contributed by atoms with E-state index >= 15 is 0 Å². The van der Waals surface area contributed by atoms with Crippen molar-refractivity contribution in [2.45, 2.75) is 12.8 Å². The summed E-state index contributed by atoms with van der Waals surface area (Å²) < 4.78 is 5.30. The fraction of sp³-hybridized carbons (Fsp3) is 0.500. The highest BCUT2D eigenvalue weighted by molar-refractivity contribution is 5.85. The van der Waals surface area contributed by atoms with E-state index in [1.165, 1.54) is 11.3 Å². The fourth-order valence-corrected chi connectivity index (χ4v) is 1.36. The summed E-state index contributed by atoms with van der Waals surface area (Å²) in [4.78, 5) is 0. The van der Waals surface area contributed by atoms with Gasteiger partial charge in [0.15, 0.2) is 0 Å². The van der Waals surface area contributed by atoms with Crippen LogP contribution in [-0.2, 0) is 12.8 Å². The number of halogens is 1. The van der Waals surface area contributed by atoms with Gasteiger partial charge in [-0.3, -0.25) is 0 Å². The van der Waals surface area contributed by atoms with Crippen LogP contribution < -0.4 is 5.32 Å². The van der Waals surface area contributed by atoms with Gasteiger partial charge in [-0.05, 0) is 24.6 Å². The van der Waals surface area contributed by atoms with Crippen molar-refractivity contribution >= 4 is 12.4 Å². The monoisotopic (exact) mass is 173 g/mol. The Hall–Kier alpha value is -0.470. The van der Waals surface area contributed by atoms with E-state index in [4.69, 9.17) is 4.42 Å². The first-order valence-corrected chi connectivity index (χ1v) is 3.73. The van der Waals surface area contributed by atoms with Gasteiger partial charge < -0.3 is 9.73 Å². The third-order valence-electron chi connectivity index (χ3n) is 1.94. The predicted octanol–water partition coefficient (Wildman–Crippen LogP) is 1.39. The van der Waals surface area contributed by atoms with E-state index in [-0.39, 0.29) is 12.4 Å². The van der Waals surface area contributed by atoms with Crippen LogP contribution in [0.25, 0.3) is 0 Å². The molecule has 0 saturated carbocycles. The Morgan fingerprint density at radius 2 is 2.09 bits per heavy atom. The lowest BCUT2D eigenvalue weighted by Gasteiger charge is -1.93. The van der Waals surface area contributed by atoms with Crippen LogP contribution in [0.2, 0.25) is 0 Å². The molecular formula is C8H12ClNO. The van der Waals surface area contributed by atoms with Crippen molar-refractivity contribution in [1.29, 1.82) is 0 Å². The van der Waals surface area contributed by atoms with Gasteiger partial charge in [0.1, 0.15) is 5.76 Å². The zero-order chi connectivity index (χ0) is 6.81. The van der Waals surface area contributed by atoms with Crippen LogP contribution in [0.1, 0.15) is 11.3 Å². The minimum absolute atomic E-state index is 0. The summed E-state index contributed by atoms with van der Waals surface area (Å²) >= 11 is 0. The fourth-order valence-electron chi connectivity index (χ4n) is 1.36. The molecule has 1 aliphatic heterocycles. The quantitative estimate of drug-likeness (QED) is 0.642. The van der Waals surface area contributed by atoms with Crippen LogP contribution in [-0.4, -0.2) is 13.1 Å². The Morgan fingerprint density at radius 3 is 3.00 bits per heavy atom. The standard InChI is InChI=1S/C8H11NO.ClH/c1-4-9-5-2-8-7(1)3-6-10-8;/h3,6,9H,1-2,4-5H2;1H. The average Bonchev–Trinajstić information content (AvgIpc) is 2.28.